The summed E-state index contributed by atoms with van der Waals surface area (Å²) in [5, 5.41) is 0. The molecule has 0 bridgehead atoms. The van der Waals surface area contributed by atoms with Gasteiger partial charge in [0.15, 0.2) is 0 Å². The third-order valence-corrected chi connectivity index (χ3v) is 2.63. The lowest BCUT2D eigenvalue weighted by Gasteiger charge is -2.21. The van der Waals surface area contributed by atoms with Crippen LogP contribution in [0, 0.1) is 0 Å². The fourth-order valence-corrected chi connectivity index (χ4v) is 2.04. The first kappa shape index (κ1) is 17.6. The second-order valence-electron chi connectivity index (χ2n) is 5.94. The van der Waals surface area contributed by atoms with Crippen LogP contribution in [-0.2, 0) is 6.42 Å². The van der Waals surface area contributed by atoms with E-state index in [0.717, 1.165) is 22.8 Å². The van der Waals surface area contributed by atoms with Gasteiger partial charge >= 0.3 is 0 Å². The Balaban J connectivity index is 3.26. The first-order valence-corrected chi connectivity index (χ1v) is 7.70. The van der Waals surface area contributed by atoms with Crippen LogP contribution >= 0.6 is 0 Å². The van der Waals surface area contributed by atoms with E-state index >= 15 is 0 Å². The van der Waals surface area contributed by atoms with Crippen LogP contribution in [0.3, 0.4) is 0 Å². The zero-order valence-electron chi connectivity index (χ0n) is 14.1. The van der Waals surface area contributed by atoms with E-state index in [1.807, 2.05) is 53.7 Å². The fourth-order valence-electron chi connectivity index (χ4n) is 2.04. The van der Waals surface area contributed by atoms with Gasteiger partial charge in [-0.3, -0.25) is 0 Å². The Morgan fingerprint density at radius 2 is 1.24 bits per heavy atom. The van der Waals surface area contributed by atoms with Crippen LogP contribution in [0.4, 0.5) is 0 Å². The Hall–Kier alpha value is -1.42. The molecule has 21 heavy (non-hydrogen) atoms. The monoisotopic (exact) mass is 295 g/mol. The Labute approximate surface area is 128 Å². The highest BCUT2D eigenvalue weighted by atomic mass is 16.5. The van der Waals surface area contributed by atoms with Crippen molar-refractivity contribution in [3.63, 3.8) is 0 Å². The highest BCUT2D eigenvalue weighted by molar-refractivity contribution is 5.51. The average Bonchev–Trinajstić information content (AvgIpc) is 2.31. The van der Waals surface area contributed by atoms with Crippen molar-refractivity contribution in [2.24, 2.45) is 5.73 Å². The second kappa shape index (κ2) is 8.13. The fraction of sp³-hybridized carbons (Fsp3) is 0.647. The van der Waals surface area contributed by atoms with Crippen LogP contribution in [-0.4, -0.2) is 24.9 Å². The molecule has 0 saturated heterocycles. The zero-order valence-corrected chi connectivity index (χ0v) is 14.1. The van der Waals surface area contributed by atoms with Crippen molar-refractivity contribution in [2.45, 2.75) is 66.3 Å². The van der Waals surface area contributed by atoms with Crippen molar-refractivity contribution in [1.82, 2.24) is 0 Å². The van der Waals surface area contributed by atoms with Gasteiger partial charge in [-0.15, -0.1) is 0 Å². The van der Waals surface area contributed by atoms with Gasteiger partial charge in [0.05, 0.1) is 18.3 Å². The molecule has 0 aliphatic heterocycles. The summed E-state index contributed by atoms with van der Waals surface area (Å²) in [6.07, 6.45) is 0.987. The highest BCUT2D eigenvalue weighted by Crippen LogP contribution is 2.36. The second-order valence-corrected chi connectivity index (χ2v) is 5.94. The molecule has 0 radical (unpaired) electrons. The first-order valence-electron chi connectivity index (χ1n) is 7.70. The Morgan fingerprint density at radius 3 is 1.57 bits per heavy atom. The topological polar surface area (TPSA) is 53.7 Å². The smallest absolute Gasteiger partial charge is 0.130 e. The molecule has 1 aromatic rings. The summed E-state index contributed by atoms with van der Waals surface area (Å²) < 4.78 is 17.7. The Kier molecular flexibility index (Phi) is 6.82. The van der Waals surface area contributed by atoms with Gasteiger partial charge in [0.1, 0.15) is 17.2 Å². The summed E-state index contributed by atoms with van der Waals surface area (Å²) in [6.45, 7) is 12.6. The van der Waals surface area contributed by atoms with Crippen LogP contribution in [0.5, 0.6) is 17.2 Å². The largest absolute Gasteiger partial charge is 0.491 e. The lowest BCUT2D eigenvalue weighted by Crippen LogP contribution is -2.15. The third-order valence-electron chi connectivity index (χ3n) is 2.63. The van der Waals surface area contributed by atoms with Crippen molar-refractivity contribution in [3.05, 3.63) is 17.7 Å². The Bertz CT molecular complexity index is 411. The number of nitrogens with two attached hydrogens (primary N) is 1. The van der Waals surface area contributed by atoms with E-state index in [1.165, 1.54) is 0 Å². The molecule has 2 N–H and O–H groups in total. The van der Waals surface area contributed by atoms with E-state index in [-0.39, 0.29) is 18.3 Å². The van der Waals surface area contributed by atoms with E-state index in [4.69, 9.17) is 19.9 Å². The minimum absolute atomic E-state index is 0.0859. The average molecular weight is 295 g/mol. The van der Waals surface area contributed by atoms with E-state index in [1.54, 1.807) is 0 Å². The normalized spacial score (nSPS) is 11.3. The summed E-state index contributed by atoms with van der Waals surface area (Å²) in [6, 6.07) is 3.86. The lowest BCUT2D eigenvalue weighted by molar-refractivity contribution is 0.213. The van der Waals surface area contributed by atoms with Gasteiger partial charge in [0.25, 0.3) is 0 Å². The SMILES string of the molecule is CC(C)Oc1cc(OC(C)C)c(CCN)c(OC(C)C)c1. The van der Waals surface area contributed by atoms with Crippen LogP contribution in [0.15, 0.2) is 12.1 Å². The summed E-state index contributed by atoms with van der Waals surface area (Å²) in [5.74, 6) is 2.35. The van der Waals surface area contributed by atoms with Gasteiger partial charge in [-0.25, -0.2) is 0 Å². The van der Waals surface area contributed by atoms with Gasteiger partial charge in [-0.2, -0.15) is 0 Å². The van der Waals surface area contributed by atoms with E-state index in [9.17, 15) is 0 Å². The minimum atomic E-state index is 0.0859. The van der Waals surface area contributed by atoms with Crippen LogP contribution in [0.1, 0.15) is 47.1 Å². The van der Waals surface area contributed by atoms with Crippen LogP contribution in [0.2, 0.25) is 0 Å². The molecule has 0 amide bonds. The summed E-state index contributed by atoms with van der Waals surface area (Å²) >= 11 is 0. The maximum Gasteiger partial charge on any atom is 0.130 e. The third kappa shape index (κ3) is 5.84. The standard InChI is InChI=1S/C17H29NO3/c1-11(2)19-14-9-16(20-12(3)4)15(7-8-18)17(10-14)21-13(5)6/h9-13H,7-8,18H2,1-6H3. The molecule has 1 aromatic carbocycles. The summed E-state index contributed by atoms with van der Waals surface area (Å²) in [4.78, 5) is 0. The Morgan fingerprint density at radius 1 is 0.810 bits per heavy atom. The van der Waals surface area contributed by atoms with Gasteiger partial charge in [-0.05, 0) is 54.5 Å². The maximum absolute atomic E-state index is 5.93. The number of hydrogen-bond donors (Lipinski definition) is 1. The van der Waals surface area contributed by atoms with Crippen molar-refractivity contribution < 1.29 is 14.2 Å². The molecule has 0 atom stereocenters. The predicted octanol–water partition coefficient (Wildman–Crippen LogP) is 3.55. The van der Waals surface area contributed by atoms with E-state index < -0.39 is 0 Å². The lowest BCUT2D eigenvalue weighted by atomic mass is 10.1. The molecule has 4 nitrogen and oxygen atoms in total. The number of benzene rings is 1. The van der Waals surface area contributed by atoms with Gasteiger partial charge in [0.2, 0.25) is 0 Å². The molecule has 4 heteroatoms. The van der Waals surface area contributed by atoms with Gasteiger partial charge in [-0.1, -0.05) is 0 Å². The van der Waals surface area contributed by atoms with Crippen LogP contribution in [0.25, 0.3) is 0 Å². The molecule has 1 rings (SSSR count). The van der Waals surface area contributed by atoms with Crippen molar-refractivity contribution >= 4 is 0 Å². The number of rotatable bonds is 8. The van der Waals surface area contributed by atoms with Crippen molar-refractivity contribution in [2.75, 3.05) is 6.54 Å². The molecule has 0 spiro atoms. The molecule has 0 heterocycles. The molecule has 0 saturated carbocycles. The number of ether oxygens (including phenoxy) is 3. The van der Waals surface area contributed by atoms with Gasteiger partial charge in [0, 0.05) is 17.7 Å². The van der Waals surface area contributed by atoms with E-state index in [0.29, 0.717) is 13.0 Å². The summed E-state index contributed by atoms with van der Waals surface area (Å²) in [5.41, 5.74) is 6.75. The number of hydrogen-bond acceptors (Lipinski definition) is 4. The van der Waals surface area contributed by atoms with Crippen molar-refractivity contribution in [1.29, 1.82) is 0 Å². The molecular weight excluding hydrogens is 266 g/mol. The molecule has 0 unspecified atom stereocenters. The predicted molar refractivity (Wildman–Crippen MR) is 86.5 cm³/mol. The quantitative estimate of drug-likeness (QED) is 0.797. The molecule has 0 aliphatic rings. The molecular formula is C17H29NO3. The highest BCUT2D eigenvalue weighted by Gasteiger charge is 2.16. The van der Waals surface area contributed by atoms with Gasteiger partial charge < -0.3 is 19.9 Å². The van der Waals surface area contributed by atoms with E-state index in [2.05, 4.69) is 0 Å². The molecule has 0 aliphatic carbocycles. The first-order chi connectivity index (χ1) is 9.83. The molecule has 0 aromatic heterocycles. The van der Waals surface area contributed by atoms with Crippen molar-refractivity contribution in [3.8, 4) is 17.2 Å². The zero-order chi connectivity index (χ0) is 16.0. The van der Waals surface area contributed by atoms with Crippen LogP contribution < -0.4 is 19.9 Å². The maximum atomic E-state index is 5.93. The minimum Gasteiger partial charge on any atom is -0.491 e. The summed E-state index contributed by atoms with van der Waals surface area (Å²) in [7, 11) is 0. The molecule has 0 fully saturated rings. The molecule has 120 valence electrons.